The number of rotatable bonds is 6. The Morgan fingerprint density at radius 3 is 2.55 bits per heavy atom. The van der Waals surface area contributed by atoms with Gasteiger partial charge in [0.1, 0.15) is 18.5 Å². The fourth-order valence-corrected chi connectivity index (χ4v) is 4.00. The van der Waals surface area contributed by atoms with Gasteiger partial charge in [0, 0.05) is 25.5 Å². The number of aliphatic hydroxyl groups excluding tert-OH is 1. The normalized spacial score (nSPS) is 17.7. The van der Waals surface area contributed by atoms with Gasteiger partial charge in [0.15, 0.2) is 0 Å². The van der Waals surface area contributed by atoms with Crippen molar-refractivity contribution in [3.63, 3.8) is 0 Å². The molecule has 4 nitrogen and oxygen atoms in total. The third-order valence-corrected chi connectivity index (χ3v) is 5.45. The summed E-state index contributed by atoms with van der Waals surface area (Å²) in [7, 11) is 0. The molecule has 2 heterocycles. The van der Waals surface area contributed by atoms with E-state index in [0.717, 1.165) is 30.7 Å². The molecule has 7 heteroatoms. The van der Waals surface area contributed by atoms with Crippen LogP contribution in [0.15, 0.2) is 73.1 Å². The first-order valence-electron chi connectivity index (χ1n) is 10.1. The summed E-state index contributed by atoms with van der Waals surface area (Å²) in [6.07, 6.45) is -0.740. The quantitative estimate of drug-likeness (QED) is 0.629. The molecule has 0 radical (unpaired) electrons. The molecule has 0 bridgehead atoms. The summed E-state index contributed by atoms with van der Waals surface area (Å²) >= 11 is 0. The molecule has 0 spiro atoms. The SMILES string of the molecule is OC(COc1ccc(C(F)(F)F)cc1)CN1CCc2ccccc2C1c1cccnc1. The van der Waals surface area contributed by atoms with Crippen LogP contribution in [-0.2, 0) is 12.6 Å². The molecule has 162 valence electrons. The van der Waals surface area contributed by atoms with Crippen LogP contribution in [0.1, 0.15) is 28.3 Å². The van der Waals surface area contributed by atoms with Crippen molar-refractivity contribution >= 4 is 0 Å². The van der Waals surface area contributed by atoms with Gasteiger partial charge in [-0.15, -0.1) is 0 Å². The lowest BCUT2D eigenvalue weighted by atomic mass is 9.88. The summed E-state index contributed by atoms with van der Waals surface area (Å²) in [5, 5.41) is 10.6. The van der Waals surface area contributed by atoms with E-state index in [-0.39, 0.29) is 12.6 Å². The van der Waals surface area contributed by atoms with Crippen LogP contribution in [0.25, 0.3) is 0 Å². The second-order valence-corrected chi connectivity index (χ2v) is 7.62. The van der Waals surface area contributed by atoms with Gasteiger partial charge < -0.3 is 9.84 Å². The smallest absolute Gasteiger partial charge is 0.416 e. The molecule has 31 heavy (non-hydrogen) atoms. The van der Waals surface area contributed by atoms with Crippen LogP contribution in [0, 0.1) is 0 Å². The molecular formula is C24H23F3N2O2. The van der Waals surface area contributed by atoms with Crippen LogP contribution in [0.5, 0.6) is 5.75 Å². The highest BCUT2D eigenvalue weighted by Gasteiger charge is 2.31. The minimum absolute atomic E-state index is 0.0106. The summed E-state index contributed by atoms with van der Waals surface area (Å²) < 4.78 is 43.6. The topological polar surface area (TPSA) is 45.6 Å². The number of hydrogen-bond donors (Lipinski definition) is 1. The van der Waals surface area contributed by atoms with E-state index < -0.39 is 17.8 Å². The molecule has 2 atom stereocenters. The molecule has 1 N–H and O–H groups in total. The fourth-order valence-electron chi connectivity index (χ4n) is 4.00. The summed E-state index contributed by atoms with van der Waals surface area (Å²) in [5.41, 5.74) is 2.79. The first-order chi connectivity index (χ1) is 14.9. The molecule has 1 aromatic heterocycles. The first kappa shape index (κ1) is 21.3. The Morgan fingerprint density at radius 2 is 1.84 bits per heavy atom. The highest BCUT2D eigenvalue weighted by molar-refractivity contribution is 5.39. The van der Waals surface area contributed by atoms with Crippen molar-refractivity contribution in [2.45, 2.75) is 24.7 Å². The Labute approximate surface area is 178 Å². The number of ether oxygens (including phenoxy) is 1. The molecule has 4 rings (SSSR count). The number of hydrogen-bond acceptors (Lipinski definition) is 4. The minimum atomic E-state index is -4.39. The van der Waals surface area contributed by atoms with Crippen molar-refractivity contribution in [3.05, 3.63) is 95.3 Å². The van der Waals surface area contributed by atoms with Crippen LogP contribution in [0.2, 0.25) is 0 Å². The van der Waals surface area contributed by atoms with E-state index in [4.69, 9.17) is 4.74 Å². The largest absolute Gasteiger partial charge is 0.491 e. The van der Waals surface area contributed by atoms with Crippen LogP contribution < -0.4 is 4.74 Å². The summed E-state index contributed by atoms with van der Waals surface area (Å²) in [4.78, 5) is 6.45. The summed E-state index contributed by atoms with van der Waals surface area (Å²) in [6.45, 7) is 1.13. The number of nitrogens with zero attached hydrogens (tertiary/aromatic N) is 2. The Balaban J connectivity index is 1.44. The second-order valence-electron chi connectivity index (χ2n) is 7.62. The van der Waals surface area contributed by atoms with Gasteiger partial charge in [-0.1, -0.05) is 30.3 Å². The Morgan fingerprint density at radius 1 is 1.06 bits per heavy atom. The van der Waals surface area contributed by atoms with E-state index in [1.54, 1.807) is 6.20 Å². The van der Waals surface area contributed by atoms with Gasteiger partial charge in [-0.05, 0) is 53.4 Å². The molecular weight excluding hydrogens is 405 g/mol. The van der Waals surface area contributed by atoms with Crippen LogP contribution in [0.4, 0.5) is 13.2 Å². The lowest BCUT2D eigenvalue weighted by Gasteiger charge is -2.38. The number of β-amino-alcohol motifs (C(OH)–C–C–N with tert-alkyl or cyclic N) is 1. The molecule has 0 fully saturated rings. The van der Waals surface area contributed by atoms with Gasteiger partial charge in [0.25, 0.3) is 0 Å². The van der Waals surface area contributed by atoms with E-state index in [1.165, 1.54) is 23.3 Å². The molecule has 1 aliphatic heterocycles. The number of pyridine rings is 1. The van der Waals surface area contributed by atoms with Crippen LogP contribution in [-0.4, -0.2) is 40.8 Å². The zero-order valence-corrected chi connectivity index (χ0v) is 16.8. The maximum Gasteiger partial charge on any atom is 0.416 e. The number of fused-ring (bicyclic) bond motifs is 1. The predicted molar refractivity (Wildman–Crippen MR) is 111 cm³/mol. The van der Waals surface area contributed by atoms with Crippen LogP contribution >= 0.6 is 0 Å². The average Bonchev–Trinajstić information content (AvgIpc) is 2.78. The van der Waals surface area contributed by atoms with E-state index >= 15 is 0 Å². The molecule has 0 amide bonds. The Kier molecular flexibility index (Phi) is 6.25. The third kappa shape index (κ3) is 5.06. The second kappa shape index (κ2) is 9.08. The number of halogens is 3. The number of benzene rings is 2. The number of aromatic nitrogens is 1. The standard InChI is InChI=1S/C24H23F3N2O2/c25-24(26,27)19-7-9-21(10-8-19)31-16-20(30)15-29-13-11-17-4-1-2-6-22(17)23(29)18-5-3-12-28-14-18/h1-10,12,14,20,23,30H,11,13,15-16H2. The first-order valence-corrected chi connectivity index (χ1v) is 10.1. The molecule has 2 aromatic carbocycles. The van der Waals surface area contributed by atoms with Gasteiger partial charge >= 0.3 is 6.18 Å². The predicted octanol–water partition coefficient (Wildman–Crippen LogP) is 4.49. The molecule has 2 unspecified atom stereocenters. The molecule has 1 aliphatic rings. The molecule has 0 aliphatic carbocycles. The molecule has 0 saturated heterocycles. The van der Waals surface area contributed by atoms with Crippen molar-refractivity contribution in [3.8, 4) is 5.75 Å². The number of alkyl halides is 3. The van der Waals surface area contributed by atoms with E-state index in [2.05, 4.69) is 22.0 Å². The minimum Gasteiger partial charge on any atom is -0.491 e. The lowest BCUT2D eigenvalue weighted by molar-refractivity contribution is -0.137. The molecule has 0 saturated carbocycles. The maximum atomic E-state index is 12.7. The van der Waals surface area contributed by atoms with Crippen molar-refractivity contribution in [1.82, 2.24) is 9.88 Å². The van der Waals surface area contributed by atoms with Gasteiger partial charge in [-0.3, -0.25) is 9.88 Å². The maximum absolute atomic E-state index is 12.7. The van der Waals surface area contributed by atoms with E-state index in [9.17, 15) is 18.3 Å². The highest BCUT2D eigenvalue weighted by atomic mass is 19.4. The fraction of sp³-hybridized carbons (Fsp3) is 0.292. The van der Waals surface area contributed by atoms with Gasteiger partial charge in [-0.2, -0.15) is 13.2 Å². The Hall–Kier alpha value is -2.90. The third-order valence-electron chi connectivity index (χ3n) is 5.45. The highest BCUT2D eigenvalue weighted by Crippen LogP contribution is 2.35. The zero-order chi connectivity index (χ0) is 21.8. The molecule has 3 aromatic rings. The van der Waals surface area contributed by atoms with Crippen molar-refractivity contribution in [1.29, 1.82) is 0 Å². The van der Waals surface area contributed by atoms with E-state index in [0.29, 0.717) is 12.3 Å². The van der Waals surface area contributed by atoms with Gasteiger partial charge in [0.05, 0.1) is 11.6 Å². The van der Waals surface area contributed by atoms with Crippen molar-refractivity contribution in [2.24, 2.45) is 0 Å². The summed E-state index contributed by atoms with van der Waals surface area (Å²) in [6, 6.07) is 16.6. The number of aliphatic hydroxyl groups is 1. The zero-order valence-electron chi connectivity index (χ0n) is 16.8. The van der Waals surface area contributed by atoms with E-state index in [1.807, 2.05) is 30.5 Å². The van der Waals surface area contributed by atoms with Crippen LogP contribution in [0.3, 0.4) is 0 Å². The lowest BCUT2D eigenvalue weighted by Crippen LogP contribution is -2.42. The average molecular weight is 428 g/mol. The van der Waals surface area contributed by atoms with Gasteiger partial charge in [0.2, 0.25) is 0 Å². The van der Waals surface area contributed by atoms with Gasteiger partial charge in [-0.25, -0.2) is 0 Å². The summed E-state index contributed by atoms with van der Waals surface area (Å²) in [5.74, 6) is 0.292. The van der Waals surface area contributed by atoms with Crippen molar-refractivity contribution in [2.75, 3.05) is 19.7 Å². The van der Waals surface area contributed by atoms with Crippen molar-refractivity contribution < 1.29 is 23.0 Å². The monoisotopic (exact) mass is 428 g/mol. The Bertz CT molecular complexity index is 994.